The number of carbonyl (C=O) groups is 1. The lowest BCUT2D eigenvalue weighted by Gasteiger charge is -2.41. The molecule has 0 radical (unpaired) electrons. The quantitative estimate of drug-likeness (QED) is 0.847. The van der Waals surface area contributed by atoms with E-state index in [2.05, 4.69) is 4.98 Å². The Morgan fingerprint density at radius 2 is 2.17 bits per heavy atom. The minimum Gasteiger partial charge on any atom is -0.444 e. The van der Waals surface area contributed by atoms with E-state index in [9.17, 15) is 9.90 Å². The molecule has 3 rings (SSSR count). The molecule has 1 amide bonds. The second kappa shape index (κ2) is 6.33. The second-order valence-electron chi connectivity index (χ2n) is 7.51. The molecule has 1 aliphatic rings. The van der Waals surface area contributed by atoms with Gasteiger partial charge in [-0.25, -0.2) is 9.78 Å². The van der Waals surface area contributed by atoms with Crippen LogP contribution in [0, 0.1) is 5.92 Å². The Bertz CT molecular complexity index is 737. The number of aliphatic hydroxyl groups excluding tert-OH is 1. The number of hydrogen-bond acceptors (Lipinski definition) is 5. The molecule has 0 spiro atoms. The summed E-state index contributed by atoms with van der Waals surface area (Å²) in [5, 5.41) is 10.3. The van der Waals surface area contributed by atoms with Crippen molar-refractivity contribution in [3.8, 4) is 0 Å². The number of nitrogens with zero attached hydrogens (tertiary/aromatic N) is 2. The molecule has 0 saturated carbocycles. The van der Waals surface area contributed by atoms with E-state index in [0.717, 1.165) is 15.8 Å². The molecule has 0 aliphatic carbocycles. The van der Waals surface area contributed by atoms with Crippen LogP contribution in [-0.2, 0) is 4.74 Å². The molecule has 2 aromatic rings. The van der Waals surface area contributed by atoms with E-state index in [4.69, 9.17) is 4.74 Å². The van der Waals surface area contributed by atoms with E-state index < -0.39 is 11.7 Å². The number of amides is 1. The summed E-state index contributed by atoms with van der Waals surface area (Å²) in [5.74, 6) is 0.0248. The van der Waals surface area contributed by atoms with Gasteiger partial charge in [-0.2, -0.15) is 0 Å². The molecule has 24 heavy (non-hydrogen) atoms. The van der Waals surface area contributed by atoms with E-state index in [0.29, 0.717) is 13.0 Å². The molecular weight excluding hydrogens is 324 g/mol. The summed E-state index contributed by atoms with van der Waals surface area (Å²) in [6.07, 6.45) is -0.250. The highest BCUT2D eigenvalue weighted by atomic mass is 32.1. The molecule has 1 aliphatic heterocycles. The molecular formula is C18H24N2O3S. The first-order chi connectivity index (χ1) is 11.2. The third-order valence-corrected chi connectivity index (χ3v) is 5.16. The molecule has 1 fully saturated rings. The Morgan fingerprint density at radius 1 is 1.42 bits per heavy atom. The van der Waals surface area contributed by atoms with Gasteiger partial charge in [-0.05, 0) is 50.8 Å². The van der Waals surface area contributed by atoms with Crippen LogP contribution in [0.4, 0.5) is 4.79 Å². The molecule has 130 valence electrons. The van der Waals surface area contributed by atoms with Gasteiger partial charge >= 0.3 is 6.09 Å². The van der Waals surface area contributed by atoms with Gasteiger partial charge in [-0.3, -0.25) is 0 Å². The number of fused-ring (bicyclic) bond motifs is 1. The molecule has 5 nitrogen and oxygen atoms in total. The van der Waals surface area contributed by atoms with Gasteiger partial charge in [0.25, 0.3) is 0 Å². The van der Waals surface area contributed by atoms with E-state index in [1.165, 1.54) is 0 Å². The van der Waals surface area contributed by atoms with Gasteiger partial charge in [0.05, 0.1) is 27.9 Å². The zero-order valence-electron chi connectivity index (χ0n) is 14.5. The van der Waals surface area contributed by atoms with Crippen molar-refractivity contribution in [3.63, 3.8) is 0 Å². The van der Waals surface area contributed by atoms with E-state index in [1.54, 1.807) is 16.2 Å². The summed E-state index contributed by atoms with van der Waals surface area (Å²) < 4.78 is 6.69. The first-order valence-electron chi connectivity index (χ1n) is 8.25. The van der Waals surface area contributed by atoms with Crippen molar-refractivity contribution in [1.29, 1.82) is 0 Å². The monoisotopic (exact) mass is 348 g/mol. The Morgan fingerprint density at radius 3 is 2.88 bits per heavy atom. The Labute approximate surface area is 146 Å². The second-order valence-corrected chi connectivity index (χ2v) is 8.39. The number of thiazole rings is 1. The summed E-state index contributed by atoms with van der Waals surface area (Å²) in [5.41, 5.74) is 3.19. The van der Waals surface area contributed by atoms with E-state index in [-0.39, 0.29) is 18.1 Å². The first-order valence-corrected chi connectivity index (χ1v) is 9.13. The van der Waals surface area contributed by atoms with Crippen LogP contribution < -0.4 is 0 Å². The number of likely N-dealkylation sites (tertiary alicyclic amines) is 1. The number of piperidine rings is 1. The van der Waals surface area contributed by atoms with Gasteiger partial charge in [0, 0.05) is 6.54 Å². The zero-order valence-corrected chi connectivity index (χ0v) is 15.3. The van der Waals surface area contributed by atoms with Gasteiger partial charge in [-0.1, -0.05) is 13.0 Å². The van der Waals surface area contributed by atoms with Crippen LogP contribution in [0.15, 0.2) is 23.7 Å². The van der Waals surface area contributed by atoms with Crippen LogP contribution in [-0.4, -0.2) is 39.3 Å². The highest BCUT2D eigenvalue weighted by molar-refractivity contribution is 7.16. The Hall–Kier alpha value is -1.66. The van der Waals surface area contributed by atoms with Gasteiger partial charge in [0.15, 0.2) is 0 Å². The maximum Gasteiger partial charge on any atom is 0.410 e. The number of rotatable bonds is 1. The molecule has 1 aromatic heterocycles. The molecule has 1 N–H and O–H groups in total. The summed E-state index contributed by atoms with van der Waals surface area (Å²) >= 11 is 1.59. The maximum atomic E-state index is 12.7. The van der Waals surface area contributed by atoms with Gasteiger partial charge in [-0.15, -0.1) is 11.3 Å². The smallest absolute Gasteiger partial charge is 0.410 e. The summed E-state index contributed by atoms with van der Waals surface area (Å²) in [7, 11) is 0. The topological polar surface area (TPSA) is 62.7 Å². The molecule has 2 heterocycles. The number of aromatic nitrogens is 1. The van der Waals surface area contributed by atoms with E-state index >= 15 is 0 Å². The van der Waals surface area contributed by atoms with Crippen LogP contribution in [0.3, 0.4) is 0 Å². The highest BCUT2D eigenvalue weighted by Gasteiger charge is 2.38. The van der Waals surface area contributed by atoms with Crippen molar-refractivity contribution in [2.75, 3.05) is 6.54 Å². The summed E-state index contributed by atoms with van der Waals surface area (Å²) in [6, 6.07) is 5.86. The minimum atomic E-state index is -0.542. The Kier molecular flexibility index (Phi) is 4.53. The molecule has 1 aromatic carbocycles. The van der Waals surface area contributed by atoms with Gasteiger partial charge in [0.1, 0.15) is 5.60 Å². The Balaban J connectivity index is 1.92. The molecule has 1 saturated heterocycles. The number of carbonyl (C=O) groups excluding carboxylic acids is 1. The third kappa shape index (κ3) is 3.54. The molecule has 6 heteroatoms. The normalized spacial score (nSPS) is 25.0. The van der Waals surface area contributed by atoms with Gasteiger partial charge in [0.2, 0.25) is 0 Å². The maximum absolute atomic E-state index is 12.7. The van der Waals surface area contributed by atoms with Crippen LogP contribution in [0.1, 0.15) is 45.7 Å². The number of hydrogen-bond donors (Lipinski definition) is 1. The fourth-order valence-corrected chi connectivity index (χ4v) is 3.73. The predicted molar refractivity (Wildman–Crippen MR) is 95.1 cm³/mol. The van der Waals surface area contributed by atoms with Crippen LogP contribution in [0.25, 0.3) is 10.2 Å². The largest absolute Gasteiger partial charge is 0.444 e. The fourth-order valence-electron chi connectivity index (χ4n) is 3.07. The van der Waals surface area contributed by atoms with Gasteiger partial charge < -0.3 is 14.7 Å². The number of benzene rings is 1. The third-order valence-electron chi connectivity index (χ3n) is 4.35. The standard InChI is InChI=1S/C18H24N2O3S/c1-11-9-20(17(22)23-18(2,3)4)14(8-15(11)21)12-5-6-16-13(7-12)19-10-24-16/h5-7,10-11,14-15,21H,8-9H2,1-4H3/t11?,14-,15?/m0/s1. The number of aliphatic hydroxyl groups is 1. The highest BCUT2D eigenvalue weighted by Crippen LogP contribution is 2.36. The average molecular weight is 348 g/mol. The summed E-state index contributed by atoms with van der Waals surface area (Å²) in [4.78, 5) is 18.8. The van der Waals surface area contributed by atoms with Crippen molar-refractivity contribution in [2.45, 2.75) is 51.9 Å². The fraction of sp³-hybridized carbons (Fsp3) is 0.556. The SMILES string of the molecule is CC1CN(C(=O)OC(C)(C)C)[C@H](c2ccc3scnc3c2)CC1O. The van der Waals surface area contributed by atoms with Crippen LogP contribution in [0.2, 0.25) is 0 Å². The van der Waals surface area contributed by atoms with Crippen molar-refractivity contribution in [1.82, 2.24) is 9.88 Å². The van der Waals surface area contributed by atoms with Crippen molar-refractivity contribution < 1.29 is 14.6 Å². The van der Waals surface area contributed by atoms with Crippen LogP contribution in [0.5, 0.6) is 0 Å². The predicted octanol–water partition coefficient (Wildman–Crippen LogP) is 3.98. The number of ether oxygens (including phenoxy) is 1. The minimum absolute atomic E-state index is 0.0248. The van der Waals surface area contributed by atoms with E-state index in [1.807, 2.05) is 51.4 Å². The average Bonchev–Trinajstić information content (AvgIpc) is 2.95. The molecule has 3 atom stereocenters. The van der Waals surface area contributed by atoms with Crippen molar-refractivity contribution >= 4 is 27.6 Å². The van der Waals surface area contributed by atoms with Crippen LogP contribution >= 0.6 is 11.3 Å². The lowest BCUT2D eigenvalue weighted by molar-refractivity contribution is -0.0271. The summed E-state index contributed by atoms with van der Waals surface area (Å²) in [6.45, 7) is 8.04. The lowest BCUT2D eigenvalue weighted by Crippen LogP contribution is -2.48. The zero-order chi connectivity index (χ0) is 17.5. The lowest BCUT2D eigenvalue weighted by atomic mass is 9.88. The van der Waals surface area contributed by atoms with Crippen molar-refractivity contribution in [3.05, 3.63) is 29.3 Å². The molecule has 2 unspecified atom stereocenters. The molecule has 0 bridgehead atoms. The van der Waals surface area contributed by atoms with Crippen molar-refractivity contribution in [2.24, 2.45) is 5.92 Å². The first kappa shape index (κ1) is 17.2.